The van der Waals surface area contributed by atoms with Gasteiger partial charge in [0.2, 0.25) is 0 Å². The van der Waals surface area contributed by atoms with Gasteiger partial charge in [0, 0.05) is 3.57 Å². The van der Waals surface area contributed by atoms with E-state index < -0.39 is 17.5 Å². The van der Waals surface area contributed by atoms with Crippen molar-refractivity contribution in [2.75, 3.05) is 11.1 Å². The summed E-state index contributed by atoms with van der Waals surface area (Å²) in [6.07, 6.45) is 0. The van der Waals surface area contributed by atoms with Crippen LogP contribution in [0.1, 0.15) is 0 Å². The fraction of sp³-hybridized carbons (Fsp3) is 0. The Morgan fingerprint density at radius 2 is 1.61 bits per heavy atom. The van der Waals surface area contributed by atoms with E-state index >= 15 is 0 Å². The maximum Gasteiger partial charge on any atom is 0.183 e. The first-order valence-electron chi connectivity index (χ1n) is 4.94. The zero-order valence-corrected chi connectivity index (χ0v) is 11.1. The quantitative estimate of drug-likeness (QED) is 0.624. The third-order valence-corrected chi connectivity index (χ3v) is 3.00. The molecule has 6 heteroatoms. The predicted octanol–water partition coefficient (Wildman–Crippen LogP) is 4.03. The van der Waals surface area contributed by atoms with Gasteiger partial charge in [0.25, 0.3) is 0 Å². The largest absolute Gasteiger partial charge is 0.395 e. The predicted molar refractivity (Wildman–Crippen MR) is 73.2 cm³/mol. The van der Waals surface area contributed by atoms with Crippen LogP contribution in [0.5, 0.6) is 0 Å². The summed E-state index contributed by atoms with van der Waals surface area (Å²) in [6.45, 7) is 0. The second-order valence-corrected chi connectivity index (χ2v) is 4.82. The van der Waals surface area contributed by atoms with Crippen molar-refractivity contribution in [1.29, 1.82) is 0 Å². The molecule has 0 atom stereocenters. The average molecular weight is 364 g/mol. The molecule has 2 rings (SSSR count). The number of nitrogens with one attached hydrogen (secondary N) is 1. The van der Waals surface area contributed by atoms with Crippen LogP contribution in [0.15, 0.2) is 30.3 Å². The Kier molecular flexibility index (Phi) is 3.65. The molecular weight excluding hydrogens is 356 g/mol. The van der Waals surface area contributed by atoms with Crippen molar-refractivity contribution in [1.82, 2.24) is 0 Å². The topological polar surface area (TPSA) is 38.0 Å². The van der Waals surface area contributed by atoms with Crippen LogP contribution in [0, 0.1) is 21.0 Å². The van der Waals surface area contributed by atoms with Crippen LogP contribution in [0.4, 0.5) is 30.2 Å². The van der Waals surface area contributed by atoms with Gasteiger partial charge in [0.15, 0.2) is 11.6 Å². The van der Waals surface area contributed by atoms with Crippen LogP contribution in [0.25, 0.3) is 0 Å². The standard InChI is InChI=1S/C12H8F3IN2/c13-7-2-4-10(12(17)11(7)15)18-9-3-1-6(16)5-8(9)14/h1-5,18H,17H2. The molecule has 18 heavy (non-hydrogen) atoms. The van der Waals surface area contributed by atoms with E-state index in [0.717, 1.165) is 9.64 Å². The summed E-state index contributed by atoms with van der Waals surface area (Å²) in [5.41, 5.74) is 5.29. The number of benzene rings is 2. The van der Waals surface area contributed by atoms with Gasteiger partial charge in [-0.2, -0.15) is 0 Å². The monoisotopic (exact) mass is 364 g/mol. The highest BCUT2D eigenvalue weighted by Crippen LogP contribution is 2.28. The van der Waals surface area contributed by atoms with Crippen LogP contribution in [0.3, 0.4) is 0 Å². The minimum atomic E-state index is -1.15. The van der Waals surface area contributed by atoms with E-state index in [1.54, 1.807) is 6.07 Å². The van der Waals surface area contributed by atoms with Crippen molar-refractivity contribution in [3.8, 4) is 0 Å². The Bertz CT molecular complexity index is 602. The fourth-order valence-corrected chi connectivity index (χ4v) is 1.86. The first-order valence-corrected chi connectivity index (χ1v) is 6.02. The first kappa shape index (κ1) is 13.0. The Balaban J connectivity index is 2.37. The zero-order chi connectivity index (χ0) is 13.3. The fourth-order valence-electron chi connectivity index (χ4n) is 1.41. The van der Waals surface area contributed by atoms with Crippen molar-refractivity contribution in [3.05, 3.63) is 51.4 Å². The highest BCUT2D eigenvalue weighted by Gasteiger charge is 2.12. The van der Waals surface area contributed by atoms with Gasteiger partial charge in [-0.3, -0.25) is 0 Å². The molecule has 0 bridgehead atoms. The molecule has 94 valence electrons. The molecule has 0 radical (unpaired) electrons. The molecule has 0 saturated heterocycles. The van der Waals surface area contributed by atoms with E-state index in [2.05, 4.69) is 5.32 Å². The van der Waals surface area contributed by atoms with Gasteiger partial charge in [-0.1, -0.05) is 0 Å². The third-order valence-electron chi connectivity index (χ3n) is 2.33. The summed E-state index contributed by atoms with van der Waals surface area (Å²) in [7, 11) is 0. The Morgan fingerprint density at radius 1 is 0.944 bits per heavy atom. The van der Waals surface area contributed by atoms with Crippen molar-refractivity contribution >= 4 is 39.7 Å². The number of rotatable bonds is 2. The lowest BCUT2D eigenvalue weighted by molar-refractivity contribution is 0.512. The number of hydrogen-bond acceptors (Lipinski definition) is 2. The maximum absolute atomic E-state index is 13.6. The van der Waals surface area contributed by atoms with Crippen molar-refractivity contribution in [2.24, 2.45) is 0 Å². The van der Waals surface area contributed by atoms with Gasteiger partial charge in [-0.25, -0.2) is 13.2 Å². The Hall–Kier alpha value is -1.44. The lowest BCUT2D eigenvalue weighted by Crippen LogP contribution is -2.02. The van der Waals surface area contributed by atoms with Gasteiger partial charge in [0.1, 0.15) is 5.82 Å². The van der Waals surface area contributed by atoms with E-state index in [1.807, 2.05) is 22.6 Å². The molecule has 0 aliphatic rings. The molecule has 3 N–H and O–H groups in total. The molecule has 2 aromatic carbocycles. The number of anilines is 3. The summed E-state index contributed by atoms with van der Waals surface area (Å²) in [4.78, 5) is 0. The maximum atomic E-state index is 13.6. The minimum Gasteiger partial charge on any atom is -0.395 e. The summed E-state index contributed by atoms with van der Waals surface area (Å²) >= 11 is 1.97. The van der Waals surface area contributed by atoms with Crippen LogP contribution < -0.4 is 11.1 Å². The molecule has 2 nitrogen and oxygen atoms in total. The van der Waals surface area contributed by atoms with Crippen LogP contribution in [-0.2, 0) is 0 Å². The molecule has 0 unspecified atom stereocenters. The van der Waals surface area contributed by atoms with Crippen molar-refractivity contribution < 1.29 is 13.2 Å². The van der Waals surface area contributed by atoms with Gasteiger partial charge in [-0.05, 0) is 52.9 Å². The third kappa shape index (κ3) is 2.53. The molecule has 0 spiro atoms. The van der Waals surface area contributed by atoms with E-state index in [-0.39, 0.29) is 17.1 Å². The van der Waals surface area contributed by atoms with Gasteiger partial charge < -0.3 is 11.1 Å². The number of hydrogen-bond donors (Lipinski definition) is 2. The van der Waals surface area contributed by atoms with Crippen molar-refractivity contribution in [2.45, 2.75) is 0 Å². The second kappa shape index (κ2) is 5.05. The SMILES string of the molecule is Nc1c(Nc2ccc(I)cc2F)ccc(F)c1F. The Morgan fingerprint density at radius 3 is 2.28 bits per heavy atom. The minimum absolute atomic E-state index is 0.119. The average Bonchev–Trinajstić information content (AvgIpc) is 2.33. The molecular formula is C12H8F3IN2. The smallest absolute Gasteiger partial charge is 0.183 e. The highest BCUT2D eigenvalue weighted by molar-refractivity contribution is 14.1. The number of nitrogens with two attached hydrogens (primary N) is 1. The van der Waals surface area contributed by atoms with Crippen LogP contribution in [0.2, 0.25) is 0 Å². The first-order chi connectivity index (χ1) is 8.49. The highest BCUT2D eigenvalue weighted by atomic mass is 127. The molecule has 0 aliphatic heterocycles. The van der Waals surface area contributed by atoms with Crippen LogP contribution in [-0.4, -0.2) is 0 Å². The second-order valence-electron chi connectivity index (χ2n) is 3.57. The zero-order valence-electron chi connectivity index (χ0n) is 8.98. The van der Waals surface area contributed by atoms with Gasteiger partial charge in [0.05, 0.1) is 17.1 Å². The summed E-state index contributed by atoms with van der Waals surface area (Å²) in [6, 6.07) is 6.68. The summed E-state index contributed by atoms with van der Waals surface area (Å²) in [5, 5.41) is 2.63. The van der Waals surface area contributed by atoms with E-state index in [9.17, 15) is 13.2 Å². The number of nitrogen functional groups attached to an aromatic ring is 1. The normalized spacial score (nSPS) is 10.4. The van der Waals surface area contributed by atoms with Crippen molar-refractivity contribution in [3.63, 3.8) is 0 Å². The molecule has 0 saturated carbocycles. The summed E-state index contributed by atoms with van der Waals surface area (Å²) in [5.74, 6) is -2.68. The van der Waals surface area contributed by atoms with Crippen LogP contribution >= 0.6 is 22.6 Å². The molecule has 0 aliphatic carbocycles. The molecule has 0 heterocycles. The summed E-state index contributed by atoms with van der Waals surface area (Å²) < 4.78 is 40.4. The molecule has 0 amide bonds. The molecule has 0 fully saturated rings. The van der Waals surface area contributed by atoms with Gasteiger partial charge in [-0.15, -0.1) is 0 Å². The lowest BCUT2D eigenvalue weighted by atomic mass is 10.2. The van der Waals surface area contributed by atoms with Gasteiger partial charge >= 0.3 is 0 Å². The molecule has 2 aromatic rings. The van der Waals surface area contributed by atoms with E-state index in [1.165, 1.54) is 18.2 Å². The lowest BCUT2D eigenvalue weighted by Gasteiger charge is -2.11. The van der Waals surface area contributed by atoms with E-state index in [4.69, 9.17) is 5.73 Å². The molecule has 0 aromatic heterocycles. The number of halogens is 4. The van der Waals surface area contributed by atoms with E-state index in [0.29, 0.717) is 0 Å². The Labute approximate surface area is 115 Å².